The van der Waals surface area contributed by atoms with E-state index in [4.69, 9.17) is 14.2 Å². The molecule has 1 aliphatic carbocycles. The van der Waals surface area contributed by atoms with Crippen molar-refractivity contribution in [2.24, 2.45) is 5.92 Å². The summed E-state index contributed by atoms with van der Waals surface area (Å²) in [5, 5.41) is 41.4. The van der Waals surface area contributed by atoms with E-state index in [9.17, 15) is 34.8 Å². The lowest BCUT2D eigenvalue weighted by Crippen LogP contribution is -2.61. The third-order valence-electron chi connectivity index (χ3n) is 6.97. The van der Waals surface area contributed by atoms with Crippen molar-refractivity contribution < 1.29 is 53.8 Å². The van der Waals surface area contributed by atoms with Crippen molar-refractivity contribution in [3.05, 3.63) is 58.1 Å². The third-order valence-corrected chi connectivity index (χ3v) is 6.97. The second kappa shape index (κ2) is 9.42. The monoisotopic (exact) mass is 514 g/mol. The molecular weight excluding hydrogens is 488 g/mol. The predicted molar refractivity (Wildman–Crippen MR) is 123 cm³/mol. The van der Waals surface area contributed by atoms with E-state index < -0.39 is 48.7 Å². The van der Waals surface area contributed by atoms with Crippen LogP contribution in [0, 0.1) is 5.92 Å². The third kappa shape index (κ3) is 4.13. The number of aliphatic hydroxyl groups excluding tert-OH is 3. The van der Waals surface area contributed by atoms with Crippen LogP contribution in [0.1, 0.15) is 56.9 Å². The summed E-state index contributed by atoms with van der Waals surface area (Å²) >= 11 is 0. The molecule has 4 N–H and O–H groups in total. The lowest BCUT2D eigenvalue weighted by molar-refractivity contribution is -0.271. The Bertz CT molecular complexity index is 1270. The number of rotatable bonds is 4. The molecule has 2 heterocycles. The largest absolute Gasteiger partial charge is 0.507 e. The second-order valence-electron chi connectivity index (χ2n) is 9.51. The molecule has 11 heteroatoms. The summed E-state index contributed by atoms with van der Waals surface area (Å²) in [5.74, 6) is -2.10. The van der Waals surface area contributed by atoms with Crippen LogP contribution < -0.4 is 4.74 Å². The Labute approximate surface area is 211 Å². The van der Waals surface area contributed by atoms with Crippen molar-refractivity contribution in [3.8, 4) is 11.5 Å². The number of ketones is 1. The van der Waals surface area contributed by atoms with Gasteiger partial charge >= 0.3 is 11.9 Å². The first kappa shape index (κ1) is 25.2. The first-order chi connectivity index (χ1) is 17.6. The molecule has 1 saturated heterocycles. The van der Waals surface area contributed by atoms with Gasteiger partial charge in [0.15, 0.2) is 18.0 Å². The minimum absolute atomic E-state index is 0.0350. The number of benzene rings is 2. The van der Waals surface area contributed by atoms with Crippen LogP contribution in [0.2, 0.25) is 0 Å². The Balaban J connectivity index is 1.52. The van der Waals surface area contributed by atoms with Crippen LogP contribution in [0.25, 0.3) is 0 Å². The number of esters is 2. The van der Waals surface area contributed by atoms with Gasteiger partial charge < -0.3 is 39.4 Å². The van der Waals surface area contributed by atoms with Crippen LogP contribution in [0.4, 0.5) is 0 Å². The van der Waals surface area contributed by atoms with Gasteiger partial charge in [-0.15, -0.1) is 0 Å². The Morgan fingerprint density at radius 3 is 2.49 bits per heavy atom. The molecule has 7 atom stereocenters. The van der Waals surface area contributed by atoms with Gasteiger partial charge in [0, 0.05) is 23.1 Å². The molecule has 0 radical (unpaired) electrons. The molecular formula is C26H26O11. The number of methoxy groups -OCH3 is 1. The highest BCUT2D eigenvalue weighted by Gasteiger charge is 2.49. The minimum Gasteiger partial charge on any atom is -0.507 e. The maximum Gasteiger partial charge on any atom is 0.343 e. The maximum atomic E-state index is 13.0. The quantitative estimate of drug-likeness (QED) is 0.425. The molecule has 11 nitrogen and oxygen atoms in total. The van der Waals surface area contributed by atoms with Crippen LogP contribution in [0.3, 0.4) is 0 Å². The van der Waals surface area contributed by atoms with E-state index in [2.05, 4.69) is 4.74 Å². The number of hydrogen-bond donors (Lipinski definition) is 4. The summed E-state index contributed by atoms with van der Waals surface area (Å²) in [6, 6.07) is 7.68. The van der Waals surface area contributed by atoms with E-state index in [0.29, 0.717) is 24.0 Å². The second-order valence-corrected chi connectivity index (χ2v) is 9.51. The van der Waals surface area contributed by atoms with Gasteiger partial charge in [0.05, 0.1) is 7.11 Å². The molecule has 3 aliphatic rings. The van der Waals surface area contributed by atoms with Gasteiger partial charge in [0.2, 0.25) is 6.29 Å². The smallest absolute Gasteiger partial charge is 0.343 e. The normalized spacial score (nSPS) is 30.8. The minimum atomic E-state index is -1.81. The number of carbonyl (C=O) groups excluding carboxylic acids is 3. The molecule has 2 aromatic rings. The van der Waals surface area contributed by atoms with Crippen molar-refractivity contribution in [1.82, 2.24) is 0 Å². The number of aliphatic hydroxyl groups is 3. The Morgan fingerprint density at radius 2 is 1.76 bits per heavy atom. The molecule has 0 bridgehead atoms. The van der Waals surface area contributed by atoms with Gasteiger partial charge in [-0.3, -0.25) is 4.79 Å². The highest BCUT2D eigenvalue weighted by Crippen LogP contribution is 2.46. The van der Waals surface area contributed by atoms with Gasteiger partial charge in [-0.25, -0.2) is 9.59 Å². The average molecular weight is 514 g/mol. The number of hydrogen-bond acceptors (Lipinski definition) is 11. The van der Waals surface area contributed by atoms with E-state index >= 15 is 0 Å². The fourth-order valence-electron chi connectivity index (χ4n) is 5.19. The van der Waals surface area contributed by atoms with Gasteiger partial charge in [-0.1, -0.05) is 25.1 Å². The molecule has 1 fully saturated rings. The molecule has 5 rings (SSSR count). The van der Waals surface area contributed by atoms with Crippen LogP contribution in [0.5, 0.6) is 11.5 Å². The molecule has 0 spiro atoms. The molecule has 0 aromatic heterocycles. The molecule has 0 saturated carbocycles. The first-order valence-corrected chi connectivity index (χ1v) is 11.8. The number of cyclic esters (lactones) is 1. The van der Waals surface area contributed by atoms with Crippen molar-refractivity contribution >= 4 is 17.7 Å². The standard InChI is InChI=1S/C26H26O11/c1-10-8-11-6-7-13(27)18(16(11)14(28)9-10)22-12-4-3-5-15(17(12)24(32)36-22)35-26-21(31)19(29)20(30)23(37-26)25(33)34-2/h3-7,10,19-23,26-27,29-31H,8-9H2,1-2H3/t10-,19-,20-,21+,22+,23-,26+/m0/s1. The summed E-state index contributed by atoms with van der Waals surface area (Å²) in [7, 11) is 1.06. The molecule has 37 heavy (non-hydrogen) atoms. The average Bonchev–Trinajstić information content (AvgIpc) is 3.20. The summed E-state index contributed by atoms with van der Waals surface area (Å²) in [6.07, 6.45) is -8.81. The Hall–Kier alpha value is -3.51. The van der Waals surface area contributed by atoms with Crippen molar-refractivity contribution in [1.29, 1.82) is 0 Å². The molecule has 2 aromatic carbocycles. The molecule has 0 amide bonds. The molecule has 0 unspecified atom stereocenters. The van der Waals surface area contributed by atoms with Crippen LogP contribution in [-0.4, -0.2) is 76.0 Å². The highest BCUT2D eigenvalue weighted by atomic mass is 16.7. The number of fused-ring (bicyclic) bond motifs is 2. The van der Waals surface area contributed by atoms with Crippen molar-refractivity contribution in [2.75, 3.05) is 7.11 Å². The number of ether oxygens (including phenoxy) is 4. The number of phenols is 1. The van der Waals surface area contributed by atoms with E-state index in [1.165, 1.54) is 18.2 Å². The van der Waals surface area contributed by atoms with Gasteiger partial charge in [0.25, 0.3) is 0 Å². The van der Waals surface area contributed by atoms with E-state index in [1.807, 2.05) is 6.92 Å². The van der Waals surface area contributed by atoms with Crippen molar-refractivity contribution in [3.63, 3.8) is 0 Å². The molecule has 196 valence electrons. The summed E-state index contributed by atoms with van der Waals surface area (Å²) in [5.41, 5.74) is 1.56. The first-order valence-electron chi connectivity index (χ1n) is 11.8. The van der Waals surface area contributed by atoms with Gasteiger partial charge in [0.1, 0.15) is 35.4 Å². The maximum absolute atomic E-state index is 13.0. The number of Topliss-reactive ketones (excluding diaryl/α,β-unsaturated/α-hetero) is 1. The number of aromatic hydroxyl groups is 1. The summed E-state index contributed by atoms with van der Waals surface area (Å²) < 4.78 is 21.3. The van der Waals surface area contributed by atoms with Gasteiger partial charge in [-0.05, 0) is 30.0 Å². The Kier molecular flexibility index (Phi) is 6.40. The fourth-order valence-corrected chi connectivity index (χ4v) is 5.19. The van der Waals surface area contributed by atoms with E-state index in [0.717, 1.165) is 12.7 Å². The fraction of sp³-hybridized carbons (Fsp3) is 0.423. The lowest BCUT2D eigenvalue weighted by Gasteiger charge is -2.38. The lowest BCUT2D eigenvalue weighted by atomic mass is 9.79. The van der Waals surface area contributed by atoms with Crippen LogP contribution in [-0.2, 0) is 25.4 Å². The molecule has 2 aliphatic heterocycles. The number of phenolic OH excluding ortho intramolecular Hbond substituents is 1. The highest BCUT2D eigenvalue weighted by molar-refractivity contribution is 6.02. The summed E-state index contributed by atoms with van der Waals surface area (Å²) in [6.45, 7) is 1.96. The van der Waals surface area contributed by atoms with E-state index in [1.54, 1.807) is 12.1 Å². The zero-order valence-corrected chi connectivity index (χ0v) is 20.0. The van der Waals surface area contributed by atoms with Gasteiger partial charge in [-0.2, -0.15) is 0 Å². The Morgan fingerprint density at radius 1 is 1.00 bits per heavy atom. The summed E-state index contributed by atoms with van der Waals surface area (Å²) in [4.78, 5) is 37.9. The topological polar surface area (TPSA) is 169 Å². The predicted octanol–water partition coefficient (Wildman–Crippen LogP) is 0.776. The number of carbonyl (C=O) groups is 3. The SMILES string of the molecule is COC(=O)[C@H]1O[C@@H](Oc2cccc3c2C(=O)O[C@H]3c2c(O)ccc3c2C(=O)C[C@@H](C)C3)[C@H](O)[C@@H](O)[C@@H]1O. The zero-order chi connectivity index (χ0) is 26.6. The van der Waals surface area contributed by atoms with Crippen LogP contribution in [0.15, 0.2) is 30.3 Å². The van der Waals surface area contributed by atoms with Crippen LogP contribution >= 0.6 is 0 Å². The zero-order valence-electron chi connectivity index (χ0n) is 20.0. The van der Waals surface area contributed by atoms with E-state index in [-0.39, 0.29) is 34.3 Å². The van der Waals surface area contributed by atoms with Crippen molar-refractivity contribution in [2.45, 2.75) is 56.6 Å².